The van der Waals surface area contributed by atoms with Gasteiger partial charge in [-0.05, 0) is 65.0 Å². The predicted molar refractivity (Wildman–Crippen MR) is 92.7 cm³/mol. The molecule has 5 heteroatoms. The van der Waals surface area contributed by atoms with Crippen molar-refractivity contribution in [3.05, 3.63) is 29.6 Å². The minimum atomic E-state index is -0.476. The summed E-state index contributed by atoms with van der Waals surface area (Å²) in [6.07, 6.45) is 3.46. The second kappa shape index (κ2) is 6.26. The van der Waals surface area contributed by atoms with E-state index in [0.29, 0.717) is 11.3 Å². The van der Waals surface area contributed by atoms with Crippen LogP contribution in [0.5, 0.6) is 0 Å². The van der Waals surface area contributed by atoms with Crippen LogP contribution >= 0.6 is 0 Å². The van der Waals surface area contributed by atoms with Crippen LogP contribution in [0.4, 0.5) is 14.9 Å². The summed E-state index contributed by atoms with van der Waals surface area (Å²) in [6, 6.07) is 5.98. The van der Waals surface area contributed by atoms with E-state index < -0.39 is 5.60 Å². The number of halogens is 1. The summed E-state index contributed by atoms with van der Waals surface area (Å²) in [4.78, 5) is 14.4. The van der Waals surface area contributed by atoms with Crippen LogP contribution in [-0.4, -0.2) is 34.7 Å². The highest BCUT2D eigenvalue weighted by Gasteiger charge is 2.44. The predicted octanol–water partition coefficient (Wildman–Crippen LogP) is 4.48. The van der Waals surface area contributed by atoms with Gasteiger partial charge in [0.1, 0.15) is 11.4 Å². The molecule has 3 rings (SSSR count). The van der Waals surface area contributed by atoms with Crippen molar-refractivity contribution in [1.82, 2.24) is 4.90 Å². The van der Waals surface area contributed by atoms with Crippen molar-refractivity contribution < 1.29 is 13.9 Å². The van der Waals surface area contributed by atoms with E-state index in [-0.39, 0.29) is 30.0 Å². The lowest BCUT2D eigenvalue weighted by Gasteiger charge is -2.40. The minimum absolute atomic E-state index is 0.181. The van der Waals surface area contributed by atoms with Crippen LogP contribution in [0.2, 0.25) is 0 Å². The van der Waals surface area contributed by atoms with Crippen LogP contribution in [0.1, 0.15) is 52.0 Å². The average Bonchev–Trinajstić information content (AvgIpc) is 2.74. The van der Waals surface area contributed by atoms with Gasteiger partial charge in [0.2, 0.25) is 0 Å². The smallest absolute Gasteiger partial charge is 0.410 e. The van der Waals surface area contributed by atoms with E-state index in [9.17, 15) is 9.18 Å². The molecule has 1 amide bonds. The number of benzene rings is 1. The van der Waals surface area contributed by atoms with E-state index in [1.165, 1.54) is 0 Å². The summed E-state index contributed by atoms with van der Waals surface area (Å²) in [5.41, 5.74) is 0.732. The van der Waals surface area contributed by atoms with E-state index in [1.54, 1.807) is 19.1 Å². The monoisotopic (exact) mass is 334 g/mol. The fraction of sp³-hybridized carbons (Fsp3) is 0.632. The molecule has 2 aliphatic heterocycles. The summed E-state index contributed by atoms with van der Waals surface area (Å²) in [5.74, 6) is -0.181. The van der Waals surface area contributed by atoms with Gasteiger partial charge in [0.25, 0.3) is 0 Å². The fourth-order valence-electron chi connectivity index (χ4n) is 3.89. The minimum Gasteiger partial charge on any atom is -0.444 e. The molecular weight excluding hydrogens is 307 g/mol. The second-order valence-corrected chi connectivity index (χ2v) is 8.02. The number of aryl methyl sites for hydroxylation is 1. The van der Waals surface area contributed by atoms with E-state index in [0.717, 1.165) is 25.7 Å². The Balaban J connectivity index is 1.67. The lowest BCUT2D eigenvalue weighted by molar-refractivity contribution is 0.00682. The number of carbonyl (C=O) groups is 1. The molecule has 0 aliphatic carbocycles. The largest absolute Gasteiger partial charge is 0.444 e. The van der Waals surface area contributed by atoms with Crippen molar-refractivity contribution in [3.63, 3.8) is 0 Å². The molecule has 2 saturated heterocycles. The van der Waals surface area contributed by atoms with Gasteiger partial charge in [0.15, 0.2) is 0 Å². The number of nitrogens with one attached hydrogen (secondary N) is 1. The maximum Gasteiger partial charge on any atom is 0.410 e. The lowest BCUT2D eigenvalue weighted by atomic mass is 9.97. The van der Waals surface area contributed by atoms with Gasteiger partial charge in [0, 0.05) is 18.1 Å². The molecular formula is C19H27FN2O2. The SMILES string of the molecule is Cc1cccc(NC2CC3CCC(C2)N3C(=O)OC(C)(C)C)c1F. The molecule has 0 radical (unpaired) electrons. The van der Waals surface area contributed by atoms with Crippen molar-refractivity contribution in [2.45, 2.75) is 77.1 Å². The van der Waals surface area contributed by atoms with Crippen LogP contribution in [-0.2, 0) is 4.74 Å². The van der Waals surface area contributed by atoms with Crippen molar-refractivity contribution >= 4 is 11.8 Å². The third-order valence-electron chi connectivity index (χ3n) is 4.89. The number of rotatable bonds is 2. The normalized spacial score (nSPS) is 26.4. The van der Waals surface area contributed by atoms with Gasteiger partial charge >= 0.3 is 6.09 Å². The number of carbonyl (C=O) groups excluding carboxylic acids is 1. The number of ether oxygens (including phenoxy) is 1. The molecule has 2 atom stereocenters. The first-order valence-electron chi connectivity index (χ1n) is 8.77. The van der Waals surface area contributed by atoms with E-state index in [4.69, 9.17) is 4.74 Å². The molecule has 4 nitrogen and oxygen atoms in total. The molecule has 2 aliphatic rings. The van der Waals surface area contributed by atoms with E-state index in [1.807, 2.05) is 31.7 Å². The molecule has 1 aromatic carbocycles. The second-order valence-electron chi connectivity index (χ2n) is 8.02. The standard InChI is InChI=1S/C19H27FN2O2/c1-12-6-5-7-16(17(12)20)21-13-10-14-8-9-15(11-13)22(14)18(23)24-19(2,3)4/h5-7,13-15,21H,8-11H2,1-4H3. The highest BCUT2D eigenvalue weighted by atomic mass is 19.1. The number of nitrogens with zero attached hydrogens (tertiary/aromatic N) is 1. The molecule has 2 bridgehead atoms. The fourth-order valence-corrected chi connectivity index (χ4v) is 3.89. The van der Waals surface area contributed by atoms with Crippen LogP contribution in [0.3, 0.4) is 0 Å². The third-order valence-corrected chi connectivity index (χ3v) is 4.89. The zero-order chi connectivity index (χ0) is 17.5. The number of hydrogen-bond donors (Lipinski definition) is 1. The summed E-state index contributed by atoms with van der Waals surface area (Å²) in [6.45, 7) is 7.44. The van der Waals surface area contributed by atoms with Crippen molar-refractivity contribution in [1.29, 1.82) is 0 Å². The number of anilines is 1. The Bertz CT molecular complexity index is 612. The zero-order valence-corrected chi connectivity index (χ0v) is 14.9. The first-order valence-corrected chi connectivity index (χ1v) is 8.77. The maximum atomic E-state index is 14.2. The van der Waals surface area contributed by atoms with Crippen LogP contribution < -0.4 is 5.32 Å². The Morgan fingerprint density at radius 1 is 1.25 bits per heavy atom. The van der Waals surface area contributed by atoms with Gasteiger partial charge in [-0.15, -0.1) is 0 Å². The van der Waals surface area contributed by atoms with E-state index in [2.05, 4.69) is 5.32 Å². The average molecular weight is 334 g/mol. The summed E-state index contributed by atoms with van der Waals surface area (Å²) >= 11 is 0. The van der Waals surface area contributed by atoms with Crippen molar-refractivity contribution in [2.24, 2.45) is 0 Å². The number of hydrogen-bond acceptors (Lipinski definition) is 3. The summed E-state index contributed by atoms with van der Waals surface area (Å²) in [7, 11) is 0. The van der Waals surface area contributed by atoms with Crippen LogP contribution in [0.25, 0.3) is 0 Å². The zero-order valence-electron chi connectivity index (χ0n) is 14.9. The molecule has 132 valence electrons. The molecule has 2 heterocycles. The maximum absolute atomic E-state index is 14.2. The molecule has 0 saturated carbocycles. The van der Waals surface area contributed by atoms with Crippen LogP contribution in [0.15, 0.2) is 18.2 Å². The third kappa shape index (κ3) is 3.50. The van der Waals surface area contributed by atoms with Gasteiger partial charge in [0.05, 0.1) is 5.69 Å². The van der Waals surface area contributed by atoms with Gasteiger partial charge < -0.3 is 15.0 Å². The molecule has 24 heavy (non-hydrogen) atoms. The van der Waals surface area contributed by atoms with Gasteiger partial charge in [-0.1, -0.05) is 12.1 Å². The number of amides is 1. The Morgan fingerprint density at radius 2 is 1.88 bits per heavy atom. The molecule has 1 aromatic rings. The van der Waals surface area contributed by atoms with Gasteiger partial charge in [-0.25, -0.2) is 9.18 Å². The first-order chi connectivity index (χ1) is 11.2. The van der Waals surface area contributed by atoms with Gasteiger partial charge in [-0.2, -0.15) is 0 Å². The first kappa shape index (κ1) is 17.1. The Kier molecular flexibility index (Phi) is 4.45. The highest BCUT2D eigenvalue weighted by molar-refractivity contribution is 5.69. The molecule has 1 N–H and O–H groups in total. The van der Waals surface area contributed by atoms with Gasteiger partial charge in [-0.3, -0.25) is 0 Å². The Labute approximate surface area is 143 Å². The molecule has 2 unspecified atom stereocenters. The molecule has 0 spiro atoms. The van der Waals surface area contributed by atoms with Crippen molar-refractivity contribution in [2.75, 3.05) is 5.32 Å². The number of piperidine rings is 1. The topological polar surface area (TPSA) is 41.6 Å². The quantitative estimate of drug-likeness (QED) is 0.867. The molecule has 2 fully saturated rings. The Hall–Kier alpha value is -1.78. The van der Waals surface area contributed by atoms with Crippen LogP contribution in [0, 0.1) is 12.7 Å². The molecule has 0 aromatic heterocycles. The Morgan fingerprint density at radius 3 is 2.46 bits per heavy atom. The number of fused-ring (bicyclic) bond motifs is 2. The summed E-state index contributed by atoms with van der Waals surface area (Å²) in [5, 5.41) is 3.34. The highest BCUT2D eigenvalue weighted by Crippen LogP contribution is 2.38. The summed E-state index contributed by atoms with van der Waals surface area (Å²) < 4.78 is 19.8. The van der Waals surface area contributed by atoms with Crippen molar-refractivity contribution in [3.8, 4) is 0 Å². The van der Waals surface area contributed by atoms with E-state index >= 15 is 0 Å². The lowest BCUT2D eigenvalue weighted by Crippen LogP contribution is -2.51.